The Morgan fingerprint density at radius 1 is 1.39 bits per heavy atom. The highest BCUT2D eigenvalue weighted by atomic mass is 19.1. The SMILES string of the molecule is CC(C)COC(=O)N1CCC(C#N)[C@H](n2cc(C(N)=O)c(Nc3ccc(F)cc3)n2)C1. The second-order valence-corrected chi connectivity index (χ2v) is 7.88. The lowest BCUT2D eigenvalue weighted by atomic mass is 9.93. The van der Waals surface area contributed by atoms with Gasteiger partial charge in [0.15, 0.2) is 5.82 Å². The summed E-state index contributed by atoms with van der Waals surface area (Å²) in [6, 6.07) is 7.34. The van der Waals surface area contributed by atoms with E-state index in [0.717, 1.165) is 0 Å². The minimum atomic E-state index is -0.701. The van der Waals surface area contributed by atoms with Gasteiger partial charge in [-0.25, -0.2) is 9.18 Å². The van der Waals surface area contributed by atoms with E-state index in [0.29, 0.717) is 25.3 Å². The summed E-state index contributed by atoms with van der Waals surface area (Å²) in [5.74, 6) is -1.10. The van der Waals surface area contributed by atoms with Gasteiger partial charge in [-0.15, -0.1) is 0 Å². The van der Waals surface area contributed by atoms with Crippen molar-refractivity contribution in [3.63, 3.8) is 0 Å². The van der Waals surface area contributed by atoms with Crippen molar-refractivity contribution in [3.05, 3.63) is 41.8 Å². The molecule has 0 saturated carbocycles. The van der Waals surface area contributed by atoms with Crippen molar-refractivity contribution >= 4 is 23.5 Å². The minimum absolute atomic E-state index is 0.125. The maximum Gasteiger partial charge on any atom is 0.409 e. The van der Waals surface area contributed by atoms with Crippen LogP contribution in [0.4, 0.5) is 20.7 Å². The molecule has 9 nitrogen and oxygen atoms in total. The minimum Gasteiger partial charge on any atom is -0.449 e. The number of piperidine rings is 1. The molecule has 2 amide bonds. The van der Waals surface area contributed by atoms with E-state index in [4.69, 9.17) is 10.5 Å². The number of hydrogen-bond donors (Lipinski definition) is 2. The monoisotopic (exact) mass is 428 g/mol. The Balaban J connectivity index is 1.84. The maximum absolute atomic E-state index is 13.2. The Bertz CT molecular complexity index is 982. The molecular formula is C21H25FN6O3. The molecule has 1 unspecified atom stereocenters. The second kappa shape index (κ2) is 9.47. The summed E-state index contributed by atoms with van der Waals surface area (Å²) in [5, 5.41) is 17.0. The first-order valence-corrected chi connectivity index (χ1v) is 10.0. The smallest absolute Gasteiger partial charge is 0.409 e. The molecule has 0 aliphatic carbocycles. The standard InChI is InChI=1S/C21H25FN6O3/c1-13(2)12-31-21(30)27-8-7-14(9-23)18(11-27)28-10-17(19(24)29)20(26-28)25-16-5-3-15(22)4-6-16/h3-6,10,13-14,18H,7-8,11-12H2,1-2H3,(H2,24,29)(H,25,26)/t14?,18-/m1/s1. The van der Waals surface area contributed by atoms with E-state index in [2.05, 4.69) is 16.5 Å². The number of nitrogens with one attached hydrogen (secondary N) is 1. The van der Waals surface area contributed by atoms with Crippen LogP contribution < -0.4 is 11.1 Å². The fourth-order valence-electron chi connectivity index (χ4n) is 3.35. The van der Waals surface area contributed by atoms with Gasteiger partial charge in [0.2, 0.25) is 0 Å². The fraction of sp³-hybridized carbons (Fsp3) is 0.429. The van der Waals surface area contributed by atoms with Crippen molar-refractivity contribution in [2.24, 2.45) is 17.6 Å². The molecule has 3 rings (SSSR count). The van der Waals surface area contributed by atoms with E-state index >= 15 is 0 Å². The zero-order valence-electron chi connectivity index (χ0n) is 17.4. The van der Waals surface area contributed by atoms with Gasteiger partial charge in [0.05, 0.1) is 24.6 Å². The molecule has 2 aromatic rings. The van der Waals surface area contributed by atoms with Gasteiger partial charge in [-0.3, -0.25) is 9.48 Å². The van der Waals surface area contributed by atoms with Crippen LogP contribution in [0.15, 0.2) is 30.5 Å². The molecule has 2 heterocycles. The van der Waals surface area contributed by atoms with Crippen LogP contribution in [0, 0.1) is 29.0 Å². The van der Waals surface area contributed by atoms with Crippen molar-refractivity contribution in [1.29, 1.82) is 5.26 Å². The molecule has 1 aromatic carbocycles. The number of nitrogens with zero attached hydrogens (tertiary/aromatic N) is 4. The third-order valence-electron chi connectivity index (χ3n) is 4.99. The summed E-state index contributed by atoms with van der Waals surface area (Å²) in [5.41, 5.74) is 6.15. The third kappa shape index (κ3) is 5.31. The Labute approximate surface area is 179 Å². The number of ether oxygens (including phenoxy) is 1. The molecule has 2 atom stereocenters. The number of anilines is 2. The lowest BCUT2D eigenvalue weighted by molar-refractivity contribution is 0.0688. The van der Waals surface area contributed by atoms with Crippen molar-refractivity contribution in [2.75, 3.05) is 25.0 Å². The van der Waals surface area contributed by atoms with Gasteiger partial charge >= 0.3 is 6.09 Å². The number of halogens is 1. The molecule has 0 radical (unpaired) electrons. The van der Waals surface area contributed by atoms with E-state index in [1.807, 2.05) is 13.8 Å². The number of primary amides is 1. The number of nitrogens with two attached hydrogens (primary N) is 1. The summed E-state index contributed by atoms with van der Waals surface area (Å²) in [4.78, 5) is 25.9. The van der Waals surface area contributed by atoms with Gasteiger partial charge in [0.25, 0.3) is 5.91 Å². The van der Waals surface area contributed by atoms with E-state index in [1.165, 1.54) is 35.1 Å². The molecule has 3 N–H and O–H groups in total. The fourth-order valence-corrected chi connectivity index (χ4v) is 3.35. The van der Waals surface area contributed by atoms with Crippen LogP contribution in [0.1, 0.15) is 36.7 Å². The number of nitriles is 1. The normalized spacial score (nSPS) is 18.5. The molecular weight excluding hydrogens is 403 g/mol. The quantitative estimate of drug-likeness (QED) is 0.728. The average Bonchev–Trinajstić information content (AvgIpc) is 3.17. The predicted molar refractivity (Wildman–Crippen MR) is 111 cm³/mol. The summed E-state index contributed by atoms with van der Waals surface area (Å²) in [6.45, 7) is 4.81. The molecule has 10 heteroatoms. The molecule has 31 heavy (non-hydrogen) atoms. The number of rotatable bonds is 6. The lowest BCUT2D eigenvalue weighted by Crippen LogP contribution is -2.45. The van der Waals surface area contributed by atoms with Gasteiger partial charge in [0.1, 0.15) is 11.4 Å². The number of aromatic nitrogens is 2. The number of likely N-dealkylation sites (tertiary alicyclic amines) is 1. The lowest BCUT2D eigenvalue weighted by Gasteiger charge is -2.35. The van der Waals surface area contributed by atoms with Crippen LogP contribution in [0.25, 0.3) is 0 Å². The van der Waals surface area contributed by atoms with Crippen molar-refractivity contribution < 1.29 is 18.7 Å². The highest BCUT2D eigenvalue weighted by Gasteiger charge is 2.35. The highest BCUT2D eigenvalue weighted by molar-refractivity contribution is 5.98. The number of benzene rings is 1. The zero-order chi connectivity index (χ0) is 22.5. The van der Waals surface area contributed by atoms with E-state index in [1.54, 1.807) is 4.90 Å². The van der Waals surface area contributed by atoms with Crippen LogP contribution >= 0.6 is 0 Å². The molecule has 1 aliphatic heterocycles. The van der Waals surface area contributed by atoms with Crippen molar-refractivity contribution in [1.82, 2.24) is 14.7 Å². The van der Waals surface area contributed by atoms with Gasteiger partial charge in [-0.1, -0.05) is 13.8 Å². The zero-order valence-corrected chi connectivity index (χ0v) is 17.4. The van der Waals surface area contributed by atoms with Crippen LogP contribution in [0.5, 0.6) is 0 Å². The van der Waals surface area contributed by atoms with Crippen molar-refractivity contribution in [2.45, 2.75) is 26.3 Å². The van der Waals surface area contributed by atoms with E-state index in [9.17, 15) is 19.2 Å². The Kier molecular flexibility index (Phi) is 6.74. The van der Waals surface area contributed by atoms with Gasteiger partial charge in [0, 0.05) is 25.0 Å². The first-order chi connectivity index (χ1) is 14.8. The molecule has 1 aromatic heterocycles. The molecule has 1 saturated heterocycles. The Morgan fingerprint density at radius 2 is 2.10 bits per heavy atom. The van der Waals surface area contributed by atoms with Crippen LogP contribution in [-0.2, 0) is 4.74 Å². The Morgan fingerprint density at radius 3 is 2.71 bits per heavy atom. The second-order valence-electron chi connectivity index (χ2n) is 7.88. The number of amides is 2. The first kappa shape index (κ1) is 22.1. The van der Waals surface area contributed by atoms with Crippen molar-refractivity contribution in [3.8, 4) is 6.07 Å². The first-order valence-electron chi connectivity index (χ1n) is 10.0. The molecule has 0 bridgehead atoms. The van der Waals surface area contributed by atoms with E-state index < -0.39 is 29.8 Å². The van der Waals surface area contributed by atoms with Crippen LogP contribution in [0.2, 0.25) is 0 Å². The topological polar surface area (TPSA) is 126 Å². The van der Waals surface area contributed by atoms with Crippen LogP contribution in [-0.4, -0.2) is 46.4 Å². The number of hydrogen-bond acceptors (Lipinski definition) is 6. The highest BCUT2D eigenvalue weighted by Crippen LogP contribution is 2.30. The molecule has 1 fully saturated rings. The third-order valence-corrected chi connectivity index (χ3v) is 4.99. The summed E-state index contributed by atoms with van der Waals surface area (Å²) < 4.78 is 20.0. The largest absolute Gasteiger partial charge is 0.449 e. The number of carbonyl (C=O) groups is 2. The molecule has 1 aliphatic rings. The summed E-state index contributed by atoms with van der Waals surface area (Å²) in [7, 11) is 0. The molecule has 164 valence electrons. The Hall–Kier alpha value is -3.61. The van der Waals surface area contributed by atoms with Gasteiger partial charge in [-0.05, 0) is 36.6 Å². The maximum atomic E-state index is 13.2. The number of carbonyl (C=O) groups excluding carboxylic acids is 2. The predicted octanol–water partition coefficient (Wildman–Crippen LogP) is 3.04. The van der Waals surface area contributed by atoms with E-state index in [-0.39, 0.29) is 23.8 Å². The van der Waals surface area contributed by atoms with Gasteiger partial charge < -0.3 is 20.7 Å². The summed E-state index contributed by atoms with van der Waals surface area (Å²) >= 11 is 0. The molecule has 0 spiro atoms. The van der Waals surface area contributed by atoms with Gasteiger partial charge in [-0.2, -0.15) is 10.4 Å². The average molecular weight is 428 g/mol. The summed E-state index contributed by atoms with van der Waals surface area (Å²) in [6.07, 6.45) is 1.47. The van der Waals surface area contributed by atoms with Crippen LogP contribution in [0.3, 0.4) is 0 Å².